The lowest BCUT2D eigenvalue weighted by Gasteiger charge is -2.21. The molecule has 1 aliphatic heterocycles. The van der Waals surface area contributed by atoms with E-state index in [-0.39, 0.29) is 5.43 Å². The van der Waals surface area contributed by atoms with E-state index in [2.05, 4.69) is 37.8 Å². The Balaban J connectivity index is 0.000000207. The molecule has 0 spiro atoms. The fourth-order valence-corrected chi connectivity index (χ4v) is 5.09. The number of allylic oxidation sites excluding steroid dienone is 3. The van der Waals surface area contributed by atoms with Crippen LogP contribution in [-0.2, 0) is 12.2 Å². The van der Waals surface area contributed by atoms with Crippen LogP contribution >= 0.6 is 11.8 Å². The molecule has 0 bridgehead atoms. The number of ether oxygens (including phenoxy) is 1. The fraction of sp³-hybridized carbons (Fsp3) is 0.242. The molecule has 0 fully saturated rings. The minimum Gasteiger partial charge on any atom is -0.461 e. The minimum absolute atomic E-state index is 0.0641. The summed E-state index contributed by atoms with van der Waals surface area (Å²) in [4.78, 5) is 12.4. The summed E-state index contributed by atoms with van der Waals surface area (Å²) in [5.41, 5.74) is 7.36. The van der Waals surface area contributed by atoms with Gasteiger partial charge in [0.25, 0.3) is 0 Å². The van der Waals surface area contributed by atoms with Crippen LogP contribution < -0.4 is 10.2 Å². The fourth-order valence-electron chi connectivity index (χ4n) is 4.14. The number of rotatable bonds is 6. The van der Waals surface area contributed by atoms with Crippen molar-refractivity contribution in [3.63, 3.8) is 0 Å². The van der Waals surface area contributed by atoms with Crippen molar-refractivity contribution < 1.29 is 9.15 Å². The standard InChI is InChI=1S/C21H22O2S.C12H12O/c1-3-4-7-16-10-12-17(13-11-16)14-24-21-15(2)20(22)18-8-5-6-9-19(18)23-21;1-8-9(2)11-6-4-5-7-12(11)13-10(8)3/h5-6,8-13H,3-4,7,14H2,1-2H3;4-7H,2H2,1,3H3. The van der Waals surface area contributed by atoms with Gasteiger partial charge in [0.05, 0.1) is 5.39 Å². The van der Waals surface area contributed by atoms with Crippen LogP contribution in [-0.4, -0.2) is 0 Å². The quantitative estimate of drug-likeness (QED) is 0.242. The van der Waals surface area contributed by atoms with Gasteiger partial charge in [0, 0.05) is 16.9 Å². The highest BCUT2D eigenvalue weighted by Gasteiger charge is 2.16. The Labute approximate surface area is 223 Å². The van der Waals surface area contributed by atoms with E-state index in [1.165, 1.54) is 24.0 Å². The highest BCUT2D eigenvalue weighted by Crippen LogP contribution is 2.36. The van der Waals surface area contributed by atoms with Gasteiger partial charge in [0.1, 0.15) is 17.1 Å². The van der Waals surface area contributed by atoms with E-state index < -0.39 is 0 Å². The van der Waals surface area contributed by atoms with Crippen molar-refractivity contribution in [2.45, 2.75) is 57.8 Å². The predicted octanol–water partition coefficient (Wildman–Crippen LogP) is 9.12. The predicted molar refractivity (Wildman–Crippen MR) is 156 cm³/mol. The molecule has 190 valence electrons. The Hall–Kier alpha value is -3.50. The molecule has 0 saturated carbocycles. The lowest BCUT2D eigenvalue weighted by molar-refractivity contribution is 0.417. The first-order valence-corrected chi connectivity index (χ1v) is 13.7. The largest absolute Gasteiger partial charge is 0.461 e. The molecule has 0 N–H and O–H groups in total. The van der Waals surface area contributed by atoms with Crippen LogP contribution in [0.5, 0.6) is 5.75 Å². The Bertz CT molecular complexity index is 1490. The molecule has 0 unspecified atom stereocenters. The van der Waals surface area contributed by atoms with Gasteiger partial charge < -0.3 is 9.15 Å². The second-order valence-corrected chi connectivity index (χ2v) is 10.3. The first kappa shape index (κ1) is 26.6. The maximum Gasteiger partial charge on any atom is 0.196 e. The highest BCUT2D eigenvalue weighted by atomic mass is 32.2. The zero-order chi connectivity index (χ0) is 26.4. The van der Waals surface area contributed by atoms with Crippen LogP contribution in [0.15, 0.2) is 105 Å². The maximum atomic E-state index is 12.4. The van der Waals surface area contributed by atoms with Crippen LogP contribution in [0.3, 0.4) is 0 Å². The zero-order valence-electron chi connectivity index (χ0n) is 22.1. The van der Waals surface area contributed by atoms with Gasteiger partial charge in [-0.05, 0) is 74.1 Å². The molecule has 0 amide bonds. The highest BCUT2D eigenvalue weighted by molar-refractivity contribution is 7.98. The molecule has 1 aromatic heterocycles. The van der Waals surface area contributed by atoms with E-state index in [0.29, 0.717) is 21.6 Å². The molecule has 1 aliphatic rings. The number of para-hydroxylation sites is 2. The lowest BCUT2D eigenvalue weighted by atomic mass is 9.97. The van der Waals surface area contributed by atoms with Gasteiger partial charge in [-0.3, -0.25) is 4.79 Å². The maximum absolute atomic E-state index is 12.4. The van der Waals surface area contributed by atoms with Gasteiger partial charge in [-0.15, -0.1) is 0 Å². The lowest BCUT2D eigenvalue weighted by Crippen LogP contribution is -2.06. The molecular formula is C33H34O3S. The summed E-state index contributed by atoms with van der Waals surface area (Å²) in [5.74, 6) is 2.66. The van der Waals surface area contributed by atoms with E-state index in [4.69, 9.17) is 9.15 Å². The number of thioether (sulfide) groups is 1. The molecule has 5 rings (SSSR count). The third-order valence-electron chi connectivity index (χ3n) is 6.65. The summed E-state index contributed by atoms with van der Waals surface area (Å²) in [7, 11) is 0. The van der Waals surface area contributed by atoms with Crippen LogP contribution in [0.2, 0.25) is 0 Å². The monoisotopic (exact) mass is 510 g/mol. The smallest absolute Gasteiger partial charge is 0.196 e. The summed E-state index contributed by atoms with van der Waals surface area (Å²) >= 11 is 1.59. The van der Waals surface area contributed by atoms with Gasteiger partial charge in [-0.25, -0.2) is 0 Å². The summed E-state index contributed by atoms with van der Waals surface area (Å²) in [5, 5.41) is 1.37. The van der Waals surface area contributed by atoms with E-state index in [1.807, 2.05) is 69.3 Å². The topological polar surface area (TPSA) is 39.4 Å². The molecule has 0 radical (unpaired) electrons. The summed E-state index contributed by atoms with van der Waals surface area (Å²) in [6.07, 6.45) is 3.59. The average Bonchev–Trinajstić information content (AvgIpc) is 2.93. The molecule has 3 aromatic carbocycles. The SMILES string of the molecule is C=C1C(C)=C(C)Oc2ccccc21.CCCCc1ccc(CSc2oc3ccccc3c(=O)c2C)cc1. The average molecular weight is 511 g/mol. The molecule has 2 heterocycles. The molecule has 3 nitrogen and oxygen atoms in total. The third-order valence-corrected chi connectivity index (χ3v) is 7.78. The van der Waals surface area contributed by atoms with Crippen molar-refractivity contribution in [2.75, 3.05) is 0 Å². The van der Waals surface area contributed by atoms with Crippen LogP contribution in [0.4, 0.5) is 0 Å². The Morgan fingerprint density at radius 1 is 0.865 bits per heavy atom. The number of fused-ring (bicyclic) bond motifs is 2. The first-order chi connectivity index (χ1) is 17.9. The molecule has 0 atom stereocenters. The van der Waals surface area contributed by atoms with Crippen molar-refractivity contribution in [3.05, 3.63) is 123 Å². The third kappa shape index (κ3) is 6.26. The van der Waals surface area contributed by atoms with E-state index in [1.54, 1.807) is 11.8 Å². The molecular weight excluding hydrogens is 476 g/mol. The number of benzene rings is 3. The second kappa shape index (κ2) is 12.2. The summed E-state index contributed by atoms with van der Waals surface area (Å²) in [6.45, 7) is 12.1. The van der Waals surface area contributed by atoms with E-state index >= 15 is 0 Å². The van der Waals surface area contributed by atoms with Gasteiger partial charge in [-0.1, -0.05) is 86.3 Å². The Morgan fingerprint density at radius 2 is 1.54 bits per heavy atom. The van der Waals surface area contributed by atoms with Crippen molar-refractivity contribution in [3.8, 4) is 5.75 Å². The van der Waals surface area contributed by atoms with Crippen LogP contribution in [0, 0.1) is 6.92 Å². The molecule has 0 saturated heterocycles. The minimum atomic E-state index is 0.0641. The molecule has 0 aliphatic carbocycles. The van der Waals surface area contributed by atoms with Gasteiger partial charge in [-0.2, -0.15) is 0 Å². The number of aryl methyl sites for hydroxylation is 1. The number of unbranched alkanes of at least 4 members (excludes halogenated alkanes) is 1. The van der Waals surface area contributed by atoms with Crippen molar-refractivity contribution in [1.29, 1.82) is 0 Å². The van der Waals surface area contributed by atoms with Crippen molar-refractivity contribution in [1.82, 2.24) is 0 Å². The van der Waals surface area contributed by atoms with Crippen molar-refractivity contribution >= 4 is 28.3 Å². The van der Waals surface area contributed by atoms with Gasteiger partial charge in [0.15, 0.2) is 10.5 Å². The Morgan fingerprint density at radius 3 is 2.30 bits per heavy atom. The van der Waals surface area contributed by atoms with Crippen LogP contribution in [0.1, 0.15) is 55.9 Å². The van der Waals surface area contributed by atoms with Gasteiger partial charge >= 0.3 is 0 Å². The number of hydrogen-bond acceptors (Lipinski definition) is 4. The molecule has 4 heteroatoms. The van der Waals surface area contributed by atoms with E-state index in [0.717, 1.165) is 40.4 Å². The Kier molecular flexibility index (Phi) is 8.73. The van der Waals surface area contributed by atoms with Crippen molar-refractivity contribution in [2.24, 2.45) is 0 Å². The van der Waals surface area contributed by atoms with Gasteiger partial charge in [0.2, 0.25) is 0 Å². The zero-order valence-corrected chi connectivity index (χ0v) is 22.9. The first-order valence-electron chi connectivity index (χ1n) is 12.8. The normalized spacial score (nSPS) is 12.6. The summed E-state index contributed by atoms with van der Waals surface area (Å²) < 4.78 is 11.6. The van der Waals surface area contributed by atoms with Crippen LogP contribution in [0.25, 0.3) is 16.5 Å². The number of hydrogen-bond donors (Lipinski definition) is 0. The second-order valence-electron chi connectivity index (χ2n) is 9.31. The molecule has 4 aromatic rings. The summed E-state index contributed by atoms with van der Waals surface area (Å²) in [6, 6.07) is 24.2. The van der Waals surface area contributed by atoms with E-state index in [9.17, 15) is 4.79 Å². The molecule has 37 heavy (non-hydrogen) atoms.